The summed E-state index contributed by atoms with van der Waals surface area (Å²) >= 11 is 0. The second kappa shape index (κ2) is 4.81. The van der Waals surface area contributed by atoms with Gasteiger partial charge in [0.05, 0.1) is 5.41 Å². The Balaban J connectivity index is 2.58. The zero-order valence-electron chi connectivity index (χ0n) is 10.7. The van der Waals surface area contributed by atoms with Crippen LogP contribution in [-0.4, -0.2) is 17.3 Å². The maximum absolute atomic E-state index is 13.4. The SMILES string of the molecule is CC1(C(F)(F)F)CC(C(=O)O)=CC=C1c1ccccc1. The van der Waals surface area contributed by atoms with Gasteiger partial charge < -0.3 is 5.11 Å². The van der Waals surface area contributed by atoms with Gasteiger partial charge in [0.25, 0.3) is 0 Å². The van der Waals surface area contributed by atoms with E-state index in [1.165, 1.54) is 12.2 Å². The highest BCUT2D eigenvalue weighted by molar-refractivity contribution is 5.90. The first kappa shape index (κ1) is 14.4. The molecule has 2 rings (SSSR count). The summed E-state index contributed by atoms with van der Waals surface area (Å²) in [5.41, 5.74) is -1.88. The molecule has 0 fully saturated rings. The number of benzene rings is 1. The summed E-state index contributed by atoms with van der Waals surface area (Å²) in [6.07, 6.45) is -2.58. The predicted molar refractivity (Wildman–Crippen MR) is 68.9 cm³/mol. The molecule has 0 heterocycles. The molecule has 1 aliphatic rings. The van der Waals surface area contributed by atoms with Gasteiger partial charge in [0, 0.05) is 5.57 Å². The number of allylic oxidation sites excluding steroid dienone is 3. The molecule has 0 saturated carbocycles. The Hall–Kier alpha value is -2.04. The predicted octanol–water partition coefficient (Wildman–Crippen LogP) is 4.05. The first-order chi connectivity index (χ1) is 9.25. The van der Waals surface area contributed by atoms with E-state index in [-0.39, 0.29) is 11.1 Å². The van der Waals surface area contributed by atoms with Crippen LogP contribution in [0.25, 0.3) is 5.57 Å². The summed E-state index contributed by atoms with van der Waals surface area (Å²) in [7, 11) is 0. The van der Waals surface area contributed by atoms with Crippen LogP contribution in [0.3, 0.4) is 0 Å². The van der Waals surface area contributed by atoms with E-state index in [0.29, 0.717) is 5.56 Å². The van der Waals surface area contributed by atoms with E-state index in [0.717, 1.165) is 6.92 Å². The molecule has 20 heavy (non-hydrogen) atoms. The highest BCUT2D eigenvalue weighted by Gasteiger charge is 2.55. The summed E-state index contributed by atoms with van der Waals surface area (Å²) in [5.74, 6) is -1.32. The topological polar surface area (TPSA) is 37.3 Å². The Labute approximate surface area is 114 Å². The van der Waals surface area contributed by atoms with Crippen molar-refractivity contribution in [3.05, 3.63) is 53.6 Å². The van der Waals surface area contributed by atoms with Crippen molar-refractivity contribution in [3.8, 4) is 0 Å². The van der Waals surface area contributed by atoms with Crippen molar-refractivity contribution >= 4 is 11.5 Å². The van der Waals surface area contributed by atoms with Gasteiger partial charge in [-0.3, -0.25) is 0 Å². The molecule has 0 radical (unpaired) electrons. The molecule has 1 aromatic carbocycles. The van der Waals surface area contributed by atoms with Gasteiger partial charge in [-0.1, -0.05) is 42.5 Å². The maximum Gasteiger partial charge on any atom is 0.398 e. The molecule has 0 amide bonds. The van der Waals surface area contributed by atoms with E-state index >= 15 is 0 Å². The minimum absolute atomic E-state index is 0.0931. The zero-order chi connectivity index (χ0) is 15.0. The van der Waals surface area contributed by atoms with Crippen LogP contribution < -0.4 is 0 Å². The van der Waals surface area contributed by atoms with Crippen LogP contribution in [0.5, 0.6) is 0 Å². The van der Waals surface area contributed by atoms with Crippen LogP contribution in [0.15, 0.2) is 48.1 Å². The summed E-state index contributed by atoms with van der Waals surface area (Å²) in [6, 6.07) is 8.22. The first-order valence-corrected chi connectivity index (χ1v) is 6.02. The minimum Gasteiger partial charge on any atom is -0.478 e. The summed E-state index contributed by atoms with van der Waals surface area (Å²) in [4.78, 5) is 10.9. The Morgan fingerprint density at radius 3 is 2.30 bits per heavy atom. The molecule has 1 aromatic rings. The van der Waals surface area contributed by atoms with Gasteiger partial charge in [0.2, 0.25) is 0 Å². The summed E-state index contributed by atoms with van der Waals surface area (Å²) < 4.78 is 40.3. The minimum atomic E-state index is -4.52. The third-order valence-corrected chi connectivity index (χ3v) is 3.57. The van der Waals surface area contributed by atoms with E-state index in [2.05, 4.69) is 0 Å². The Morgan fingerprint density at radius 1 is 1.20 bits per heavy atom. The van der Waals surface area contributed by atoms with Crippen molar-refractivity contribution in [2.75, 3.05) is 0 Å². The maximum atomic E-state index is 13.4. The molecule has 0 aliphatic heterocycles. The molecule has 0 spiro atoms. The van der Waals surface area contributed by atoms with Gasteiger partial charge in [0.15, 0.2) is 0 Å². The van der Waals surface area contributed by atoms with Crippen molar-refractivity contribution in [2.24, 2.45) is 5.41 Å². The highest BCUT2D eigenvalue weighted by atomic mass is 19.4. The Morgan fingerprint density at radius 2 is 1.80 bits per heavy atom. The fourth-order valence-electron chi connectivity index (χ4n) is 2.34. The lowest BCUT2D eigenvalue weighted by atomic mass is 9.70. The average Bonchev–Trinajstić information content (AvgIpc) is 2.38. The van der Waals surface area contributed by atoms with Gasteiger partial charge in [-0.15, -0.1) is 0 Å². The molecule has 1 unspecified atom stereocenters. The molecule has 1 atom stereocenters. The van der Waals surface area contributed by atoms with Gasteiger partial charge in [0.1, 0.15) is 0 Å². The number of rotatable bonds is 2. The zero-order valence-corrected chi connectivity index (χ0v) is 10.7. The number of hydrogen-bond donors (Lipinski definition) is 1. The second-order valence-electron chi connectivity index (χ2n) is 4.95. The molecule has 0 aromatic heterocycles. The van der Waals surface area contributed by atoms with E-state index in [1.54, 1.807) is 30.3 Å². The van der Waals surface area contributed by atoms with Crippen LogP contribution in [0, 0.1) is 5.41 Å². The first-order valence-electron chi connectivity index (χ1n) is 6.02. The lowest BCUT2D eigenvalue weighted by Crippen LogP contribution is -2.38. The van der Waals surface area contributed by atoms with Crippen molar-refractivity contribution in [1.82, 2.24) is 0 Å². The number of carboxylic acids is 1. The van der Waals surface area contributed by atoms with Gasteiger partial charge in [-0.2, -0.15) is 13.2 Å². The fraction of sp³-hybridized carbons (Fsp3) is 0.267. The van der Waals surface area contributed by atoms with Gasteiger partial charge in [-0.25, -0.2) is 4.79 Å². The second-order valence-corrected chi connectivity index (χ2v) is 4.95. The smallest absolute Gasteiger partial charge is 0.398 e. The number of aliphatic carboxylic acids is 1. The van der Waals surface area contributed by atoms with Crippen molar-refractivity contribution in [1.29, 1.82) is 0 Å². The van der Waals surface area contributed by atoms with E-state index < -0.39 is 24.0 Å². The van der Waals surface area contributed by atoms with Crippen LogP contribution in [0.2, 0.25) is 0 Å². The molecule has 106 valence electrons. The molecular formula is C15H13F3O2. The Bertz CT molecular complexity index is 585. The number of carboxylic acid groups (broad SMARTS) is 1. The largest absolute Gasteiger partial charge is 0.478 e. The number of carbonyl (C=O) groups is 1. The van der Waals surface area contributed by atoms with Gasteiger partial charge in [-0.05, 0) is 24.5 Å². The molecule has 5 heteroatoms. The normalized spacial score (nSPS) is 23.0. The number of halogens is 3. The van der Waals surface area contributed by atoms with E-state index in [9.17, 15) is 18.0 Å². The summed E-state index contributed by atoms with van der Waals surface area (Å²) in [5, 5.41) is 8.93. The third-order valence-electron chi connectivity index (χ3n) is 3.57. The van der Waals surface area contributed by atoms with E-state index in [4.69, 9.17) is 5.11 Å². The van der Waals surface area contributed by atoms with Crippen LogP contribution >= 0.6 is 0 Å². The molecule has 0 bridgehead atoms. The van der Waals surface area contributed by atoms with Crippen molar-refractivity contribution in [3.63, 3.8) is 0 Å². The van der Waals surface area contributed by atoms with Crippen molar-refractivity contribution < 1.29 is 23.1 Å². The summed E-state index contributed by atoms with van der Waals surface area (Å²) in [6.45, 7) is 1.04. The number of alkyl halides is 3. The molecule has 1 N–H and O–H groups in total. The quantitative estimate of drug-likeness (QED) is 0.888. The van der Waals surface area contributed by atoms with Crippen LogP contribution in [0.4, 0.5) is 13.2 Å². The lowest BCUT2D eigenvalue weighted by Gasteiger charge is -2.37. The van der Waals surface area contributed by atoms with Gasteiger partial charge >= 0.3 is 12.1 Å². The monoisotopic (exact) mass is 282 g/mol. The third kappa shape index (κ3) is 2.35. The molecule has 2 nitrogen and oxygen atoms in total. The van der Waals surface area contributed by atoms with Crippen LogP contribution in [-0.2, 0) is 4.79 Å². The average molecular weight is 282 g/mol. The fourth-order valence-corrected chi connectivity index (χ4v) is 2.34. The number of hydrogen-bond acceptors (Lipinski definition) is 1. The molecule has 0 saturated heterocycles. The highest BCUT2D eigenvalue weighted by Crippen LogP contribution is 2.53. The standard InChI is InChI=1S/C15H13F3O2/c1-14(15(16,17)18)9-11(13(19)20)7-8-12(14)10-5-3-2-4-6-10/h2-8H,9H2,1H3,(H,19,20). The van der Waals surface area contributed by atoms with Crippen molar-refractivity contribution in [2.45, 2.75) is 19.5 Å². The molecule has 1 aliphatic carbocycles. The van der Waals surface area contributed by atoms with E-state index in [1.807, 2.05) is 0 Å². The Kier molecular flexibility index (Phi) is 3.46. The molecular weight excluding hydrogens is 269 g/mol. The van der Waals surface area contributed by atoms with Crippen LogP contribution in [0.1, 0.15) is 18.9 Å². The lowest BCUT2D eigenvalue weighted by molar-refractivity contribution is -0.196.